The summed E-state index contributed by atoms with van der Waals surface area (Å²) in [6.07, 6.45) is 0. The Morgan fingerprint density at radius 3 is 2.54 bits per heavy atom. The fraction of sp³-hybridized carbons (Fsp3) is 0.222. The number of rotatable bonds is 1. The summed E-state index contributed by atoms with van der Waals surface area (Å²) in [7, 11) is 3.48. The van der Waals surface area contributed by atoms with Crippen molar-refractivity contribution >= 4 is 17.4 Å². The summed E-state index contributed by atoms with van der Waals surface area (Å²) in [5, 5.41) is 7.88. The van der Waals surface area contributed by atoms with Crippen LogP contribution in [-0.2, 0) is 0 Å². The van der Waals surface area contributed by atoms with Crippen molar-refractivity contribution in [2.75, 3.05) is 14.1 Å². The topological polar surface area (TPSA) is 27.1 Å². The standard InChI is InChI=1S/C9H10ClFN2/c1-13(2)9(12)7-4-3-6(11)5-8(7)10/h3-5,12H,1-2H3. The maximum Gasteiger partial charge on any atom is 0.129 e. The minimum absolute atomic E-state index is 0.263. The normalized spacial score (nSPS) is 9.85. The molecular weight excluding hydrogens is 191 g/mol. The van der Waals surface area contributed by atoms with Gasteiger partial charge in [0.25, 0.3) is 0 Å². The second-order valence-electron chi connectivity index (χ2n) is 2.87. The van der Waals surface area contributed by atoms with Gasteiger partial charge in [-0.1, -0.05) is 11.6 Å². The monoisotopic (exact) mass is 200 g/mol. The summed E-state index contributed by atoms with van der Waals surface area (Å²) < 4.78 is 12.6. The molecule has 1 aromatic carbocycles. The van der Waals surface area contributed by atoms with Crippen LogP contribution in [0.25, 0.3) is 0 Å². The maximum atomic E-state index is 12.6. The van der Waals surface area contributed by atoms with Gasteiger partial charge in [0.2, 0.25) is 0 Å². The summed E-state index contributed by atoms with van der Waals surface area (Å²) in [5.74, 6) is -0.120. The molecule has 70 valence electrons. The summed E-state index contributed by atoms with van der Waals surface area (Å²) >= 11 is 5.76. The van der Waals surface area contributed by atoms with Gasteiger partial charge in [0, 0.05) is 19.7 Å². The Morgan fingerprint density at radius 1 is 1.46 bits per heavy atom. The van der Waals surface area contributed by atoms with Gasteiger partial charge in [-0.15, -0.1) is 0 Å². The first-order chi connectivity index (χ1) is 6.02. The van der Waals surface area contributed by atoms with Gasteiger partial charge in [0.15, 0.2) is 0 Å². The molecule has 0 radical (unpaired) electrons. The smallest absolute Gasteiger partial charge is 0.129 e. The van der Waals surface area contributed by atoms with Crippen molar-refractivity contribution in [3.63, 3.8) is 0 Å². The van der Waals surface area contributed by atoms with E-state index in [1.54, 1.807) is 19.0 Å². The van der Waals surface area contributed by atoms with Crippen molar-refractivity contribution in [3.05, 3.63) is 34.6 Å². The first kappa shape index (κ1) is 9.99. The molecule has 13 heavy (non-hydrogen) atoms. The Kier molecular flexibility index (Phi) is 2.88. The number of hydrogen-bond donors (Lipinski definition) is 1. The van der Waals surface area contributed by atoms with E-state index in [1.165, 1.54) is 18.2 Å². The van der Waals surface area contributed by atoms with Gasteiger partial charge >= 0.3 is 0 Å². The van der Waals surface area contributed by atoms with Gasteiger partial charge in [-0.2, -0.15) is 0 Å². The van der Waals surface area contributed by atoms with Crippen molar-refractivity contribution < 1.29 is 4.39 Å². The average molecular weight is 201 g/mol. The van der Waals surface area contributed by atoms with Gasteiger partial charge in [-0.25, -0.2) is 4.39 Å². The molecule has 0 aliphatic rings. The van der Waals surface area contributed by atoms with Crippen molar-refractivity contribution in [1.29, 1.82) is 5.41 Å². The lowest BCUT2D eigenvalue weighted by Crippen LogP contribution is -2.22. The van der Waals surface area contributed by atoms with Crippen LogP contribution < -0.4 is 0 Å². The first-order valence-electron chi connectivity index (χ1n) is 3.73. The van der Waals surface area contributed by atoms with Crippen LogP contribution in [0.15, 0.2) is 18.2 Å². The molecule has 4 heteroatoms. The Hall–Kier alpha value is -1.09. The third-order valence-electron chi connectivity index (χ3n) is 1.63. The van der Waals surface area contributed by atoms with Crippen molar-refractivity contribution in [2.45, 2.75) is 0 Å². The summed E-state index contributed by atoms with van der Waals surface area (Å²) in [4.78, 5) is 1.61. The molecule has 0 aromatic heterocycles. The Balaban J connectivity index is 3.09. The van der Waals surface area contributed by atoms with Gasteiger partial charge in [-0.3, -0.25) is 5.41 Å². The van der Waals surface area contributed by atoms with E-state index < -0.39 is 0 Å². The minimum Gasteiger partial charge on any atom is -0.363 e. The Bertz CT molecular complexity index is 336. The van der Waals surface area contributed by atoms with E-state index in [4.69, 9.17) is 17.0 Å². The molecular formula is C9H10ClFN2. The molecule has 0 saturated carbocycles. The number of nitrogens with zero attached hydrogens (tertiary/aromatic N) is 1. The van der Waals surface area contributed by atoms with Crippen LogP contribution in [0.4, 0.5) is 4.39 Å². The van der Waals surface area contributed by atoms with E-state index in [0.29, 0.717) is 5.56 Å². The zero-order valence-electron chi connectivity index (χ0n) is 7.44. The van der Waals surface area contributed by atoms with Gasteiger partial charge < -0.3 is 4.90 Å². The van der Waals surface area contributed by atoms with Crippen LogP contribution in [0.5, 0.6) is 0 Å². The highest BCUT2D eigenvalue weighted by Gasteiger charge is 2.08. The average Bonchev–Trinajstić information content (AvgIpc) is 2.03. The lowest BCUT2D eigenvalue weighted by Gasteiger charge is -2.14. The fourth-order valence-electron chi connectivity index (χ4n) is 0.922. The highest BCUT2D eigenvalue weighted by atomic mass is 35.5. The number of halogens is 2. The molecule has 0 aliphatic heterocycles. The third kappa shape index (κ3) is 2.18. The first-order valence-corrected chi connectivity index (χ1v) is 4.11. The van der Waals surface area contributed by atoms with Crippen LogP contribution in [0.3, 0.4) is 0 Å². The molecule has 0 spiro atoms. The largest absolute Gasteiger partial charge is 0.363 e. The van der Waals surface area contributed by atoms with Gasteiger partial charge in [0.1, 0.15) is 11.7 Å². The lowest BCUT2D eigenvalue weighted by atomic mass is 10.2. The maximum absolute atomic E-state index is 12.6. The van der Waals surface area contributed by atoms with Crippen molar-refractivity contribution in [1.82, 2.24) is 4.90 Å². The number of amidine groups is 1. The van der Waals surface area contributed by atoms with E-state index in [-0.39, 0.29) is 16.7 Å². The summed E-state index contributed by atoms with van der Waals surface area (Å²) in [5.41, 5.74) is 0.535. The van der Waals surface area contributed by atoms with E-state index >= 15 is 0 Å². The van der Waals surface area contributed by atoms with Crippen LogP contribution in [0, 0.1) is 11.2 Å². The fourth-order valence-corrected chi connectivity index (χ4v) is 1.18. The number of benzene rings is 1. The molecule has 1 N–H and O–H groups in total. The Labute approximate surface area is 81.4 Å². The SMILES string of the molecule is CN(C)C(=N)c1ccc(F)cc1Cl. The van der Waals surface area contributed by atoms with Crippen molar-refractivity contribution in [3.8, 4) is 0 Å². The molecule has 0 saturated heterocycles. The summed E-state index contributed by atoms with van der Waals surface area (Å²) in [6.45, 7) is 0. The van der Waals surface area contributed by atoms with Gasteiger partial charge in [-0.05, 0) is 18.2 Å². The van der Waals surface area contributed by atoms with Crippen LogP contribution in [-0.4, -0.2) is 24.8 Å². The number of nitrogens with one attached hydrogen (secondary N) is 1. The zero-order chi connectivity index (χ0) is 10.0. The molecule has 2 nitrogen and oxygen atoms in total. The second kappa shape index (κ2) is 3.75. The van der Waals surface area contributed by atoms with E-state index in [0.717, 1.165) is 0 Å². The molecule has 0 bridgehead atoms. The molecule has 0 fully saturated rings. The highest BCUT2D eigenvalue weighted by molar-refractivity contribution is 6.33. The predicted molar refractivity (Wildman–Crippen MR) is 51.9 cm³/mol. The van der Waals surface area contributed by atoms with Crippen molar-refractivity contribution in [2.24, 2.45) is 0 Å². The molecule has 0 atom stereocenters. The minimum atomic E-state index is -0.389. The van der Waals surface area contributed by atoms with Crippen LogP contribution >= 0.6 is 11.6 Å². The van der Waals surface area contributed by atoms with Crippen LogP contribution in [0.2, 0.25) is 5.02 Å². The lowest BCUT2D eigenvalue weighted by molar-refractivity contribution is 0.616. The quantitative estimate of drug-likeness (QED) is 0.547. The van der Waals surface area contributed by atoms with Gasteiger partial charge in [0.05, 0.1) is 5.02 Å². The predicted octanol–water partition coefficient (Wildman–Crippen LogP) is 2.37. The van der Waals surface area contributed by atoms with Crippen LogP contribution in [0.1, 0.15) is 5.56 Å². The third-order valence-corrected chi connectivity index (χ3v) is 1.95. The van der Waals surface area contributed by atoms with E-state index in [2.05, 4.69) is 0 Å². The molecule has 0 heterocycles. The Morgan fingerprint density at radius 2 is 2.08 bits per heavy atom. The molecule has 0 unspecified atom stereocenters. The summed E-state index contributed by atoms with van der Waals surface area (Å²) in [6, 6.07) is 3.99. The molecule has 1 aromatic rings. The molecule has 0 amide bonds. The molecule has 0 aliphatic carbocycles. The highest BCUT2D eigenvalue weighted by Crippen LogP contribution is 2.17. The molecule has 1 rings (SSSR count). The number of hydrogen-bond acceptors (Lipinski definition) is 1. The zero-order valence-corrected chi connectivity index (χ0v) is 8.19. The van der Waals surface area contributed by atoms with E-state index in [1.807, 2.05) is 0 Å². The second-order valence-corrected chi connectivity index (χ2v) is 3.27. The van der Waals surface area contributed by atoms with E-state index in [9.17, 15) is 4.39 Å².